The van der Waals surface area contributed by atoms with Crippen molar-refractivity contribution < 1.29 is 13.2 Å². The molecule has 1 amide bonds. The lowest BCUT2D eigenvalue weighted by atomic mass is 9.99. The normalized spacial score (nSPS) is 17.6. The summed E-state index contributed by atoms with van der Waals surface area (Å²) in [5.41, 5.74) is 2.52. The first kappa shape index (κ1) is 23.1. The van der Waals surface area contributed by atoms with Gasteiger partial charge < -0.3 is 5.32 Å². The number of piperidine rings is 1. The van der Waals surface area contributed by atoms with E-state index in [0.717, 1.165) is 11.5 Å². The van der Waals surface area contributed by atoms with Gasteiger partial charge in [-0.05, 0) is 49.6 Å². The molecule has 0 bridgehead atoms. The van der Waals surface area contributed by atoms with Crippen molar-refractivity contribution in [1.29, 1.82) is 0 Å². The van der Waals surface area contributed by atoms with Gasteiger partial charge in [0.1, 0.15) is 0 Å². The van der Waals surface area contributed by atoms with E-state index in [0.29, 0.717) is 31.0 Å². The van der Waals surface area contributed by atoms with Crippen LogP contribution in [0.5, 0.6) is 0 Å². The summed E-state index contributed by atoms with van der Waals surface area (Å²) in [6.07, 6.45) is 1.38. The van der Waals surface area contributed by atoms with Crippen molar-refractivity contribution in [3.63, 3.8) is 0 Å². The number of nitrogens with zero attached hydrogens (tertiary/aromatic N) is 1. The highest BCUT2D eigenvalue weighted by Crippen LogP contribution is 2.25. The van der Waals surface area contributed by atoms with Crippen LogP contribution in [0.25, 0.3) is 0 Å². The summed E-state index contributed by atoms with van der Waals surface area (Å²) in [7, 11) is -3.62. The molecular weight excluding hydrogens is 440 g/mol. The number of sulfonamides is 1. The zero-order valence-electron chi connectivity index (χ0n) is 17.0. The fourth-order valence-corrected chi connectivity index (χ4v) is 5.86. The van der Waals surface area contributed by atoms with Gasteiger partial charge in [-0.15, -0.1) is 0 Å². The zero-order chi connectivity index (χ0) is 21.6. The van der Waals surface area contributed by atoms with Gasteiger partial charge in [-0.1, -0.05) is 41.4 Å². The average Bonchev–Trinajstić information content (AvgIpc) is 2.75. The molecule has 0 aliphatic carbocycles. The molecule has 3 rings (SSSR count). The lowest BCUT2D eigenvalue weighted by Crippen LogP contribution is -2.45. The summed E-state index contributed by atoms with van der Waals surface area (Å²) >= 11 is 7.63. The highest BCUT2D eigenvalue weighted by Gasteiger charge is 2.33. The third kappa shape index (κ3) is 6.23. The van der Waals surface area contributed by atoms with E-state index in [2.05, 4.69) is 36.5 Å². The molecule has 162 valence electrons. The van der Waals surface area contributed by atoms with E-state index in [1.165, 1.54) is 27.6 Å². The molecule has 1 fully saturated rings. The highest BCUT2D eigenvalue weighted by atomic mass is 35.5. The van der Waals surface area contributed by atoms with Crippen molar-refractivity contribution in [1.82, 2.24) is 9.62 Å². The molecule has 1 aliphatic heterocycles. The Morgan fingerprint density at radius 3 is 2.57 bits per heavy atom. The lowest BCUT2D eigenvalue weighted by molar-refractivity contribution is -0.125. The molecule has 1 N–H and O–H groups in total. The van der Waals surface area contributed by atoms with Crippen LogP contribution >= 0.6 is 23.4 Å². The van der Waals surface area contributed by atoms with Gasteiger partial charge in [0.05, 0.1) is 10.8 Å². The molecular formula is C22H27ClN2O3S2. The van der Waals surface area contributed by atoms with Crippen molar-refractivity contribution >= 4 is 39.3 Å². The summed E-state index contributed by atoms with van der Waals surface area (Å²) in [5, 5.41) is 3.46. The van der Waals surface area contributed by atoms with Crippen LogP contribution in [0.4, 0.5) is 0 Å². The summed E-state index contributed by atoms with van der Waals surface area (Å²) in [6, 6.07) is 14.6. The molecule has 5 nitrogen and oxygen atoms in total. The Morgan fingerprint density at radius 1 is 1.17 bits per heavy atom. The van der Waals surface area contributed by atoms with E-state index in [1.807, 2.05) is 0 Å². The third-order valence-electron chi connectivity index (χ3n) is 5.14. The van der Waals surface area contributed by atoms with Crippen LogP contribution in [0.2, 0.25) is 5.02 Å². The smallest absolute Gasteiger partial charge is 0.243 e. The number of halogens is 1. The first-order chi connectivity index (χ1) is 14.4. The van der Waals surface area contributed by atoms with E-state index in [1.54, 1.807) is 23.9 Å². The fraction of sp³-hybridized carbons (Fsp3) is 0.409. The topological polar surface area (TPSA) is 66.5 Å². The summed E-state index contributed by atoms with van der Waals surface area (Å²) in [6.45, 7) is 3.30. The van der Waals surface area contributed by atoms with Crippen molar-refractivity contribution in [3.05, 3.63) is 64.7 Å². The number of hydrogen-bond acceptors (Lipinski definition) is 4. The molecule has 1 saturated heterocycles. The standard InChI is InChI=1S/C22H27ClN2O3S2/c1-17-4-6-18(7-5-17)16-29-14-12-24-22(26)19-3-2-13-25(15-19)30(27,28)21-10-8-20(23)9-11-21/h4-11,19H,2-3,12-16H2,1H3,(H,24,26)/t19-/m1/s1. The van der Waals surface area contributed by atoms with Crippen LogP contribution < -0.4 is 5.32 Å². The maximum Gasteiger partial charge on any atom is 0.243 e. The molecule has 0 radical (unpaired) electrons. The van der Waals surface area contributed by atoms with E-state index in [9.17, 15) is 13.2 Å². The van der Waals surface area contributed by atoms with Crippen LogP contribution in [-0.2, 0) is 20.6 Å². The lowest BCUT2D eigenvalue weighted by Gasteiger charge is -2.31. The van der Waals surface area contributed by atoms with Crippen LogP contribution in [-0.4, -0.2) is 44.0 Å². The molecule has 1 atom stereocenters. The minimum absolute atomic E-state index is 0.0676. The van der Waals surface area contributed by atoms with Gasteiger partial charge in [-0.2, -0.15) is 16.1 Å². The number of rotatable bonds is 8. The number of carbonyl (C=O) groups is 1. The molecule has 30 heavy (non-hydrogen) atoms. The minimum atomic E-state index is -3.62. The number of amides is 1. The first-order valence-electron chi connectivity index (χ1n) is 10.0. The van der Waals surface area contributed by atoms with E-state index >= 15 is 0 Å². The summed E-state index contributed by atoms with van der Waals surface area (Å²) in [5.74, 6) is 1.34. The largest absolute Gasteiger partial charge is 0.355 e. The van der Waals surface area contributed by atoms with E-state index < -0.39 is 10.0 Å². The number of benzene rings is 2. The second-order valence-electron chi connectivity index (χ2n) is 7.49. The Kier molecular flexibility index (Phi) is 8.22. The van der Waals surface area contributed by atoms with Gasteiger partial charge in [0.15, 0.2) is 0 Å². The third-order valence-corrected chi connectivity index (χ3v) is 8.30. The summed E-state index contributed by atoms with van der Waals surface area (Å²) < 4.78 is 27.2. The number of aryl methyl sites for hydroxylation is 1. The fourth-order valence-electron chi connectivity index (χ4n) is 3.40. The van der Waals surface area contributed by atoms with Crippen molar-refractivity contribution in [2.75, 3.05) is 25.4 Å². The number of thioether (sulfide) groups is 1. The van der Waals surface area contributed by atoms with Gasteiger partial charge in [0.2, 0.25) is 15.9 Å². The second-order valence-corrected chi connectivity index (χ2v) is 11.0. The zero-order valence-corrected chi connectivity index (χ0v) is 19.4. The maximum atomic E-state index is 12.9. The predicted molar refractivity (Wildman–Crippen MR) is 123 cm³/mol. The molecule has 0 saturated carbocycles. The van der Waals surface area contributed by atoms with Gasteiger partial charge >= 0.3 is 0 Å². The van der Waals surface area contributed by atoms with E-state index in [4.69, 9.17) is 11.6 Å². The van der Waals surface area contributed by atoms with Gasteiger partial charge in [-0.3, -0.25) is 4.79 Å². The Bertz CT molecular complexity index is 947. The van der Waals surface area contributed by atoms with Crippen LogP contribution in [0.1, 0.15) is 24.0 Å². The number of carbonyl (C=O) groups excluding carboxylic acids is 1. The minimum Gasteiger partial charge on any atom is -0.355 e. The maximum absolute atomic E-state index is 12.9. The van der Waals surface area contributed by atoms with Gasteiger partial charge in [-0.25, -0.2) is 8.42 Å². The van der Waals surface area contributed by atoms with Crippen LogP contribution in [0, 0.1) is 12.8 Å². The number of nitrogens with one attached hydrogen (secondary N) is 1. The number of hydrogen-bond donors (Lipinski definition) is 1. The molecule has 2 aromatic carbocycles. The SMILES string of the molecule is Cc1ccc(CSCCNC(=O)[C@@H]2CCCN(S(=O)(=O)c3ccc(Cl)cc3)C2)cc1. The van der Waals surface area contributed by atoms with Crippen molar-refractivity contribution in [2.24, 2.45) is 5.92 Å². The van der Waals surface area contributed by atoms with Crippen molar-refractivity contribution in [3.8, 4) is 0 Å². The monoisotopic (exact) mass is 466 g/mol. The Hall–Kier alpha value is -1.54. The molecule has 8 heteroatoms. The van der Waals surface area contributed by atoms with E-state index in [-0.39, 0.29) is 23.3 Å². The quantitative estimate of drug-likeness (QED) is 0.595. The van der Waals surface area contributed by atoms with Gasteiger partial charge in [0, 0.05) is 36.2 Å². The Labute approximate surface area is 188 Å². The molecule has 1 aliphatic rings. The second kappa shape index (κ2) is 10.7. The van der Waals surface area contributed by atoms with Crippen LogP contribution in [0.15, 0.2) is 53.4 Å². The predicted octanol–water partition coefficient (Wildman–Crippen LogP) is 4.10. The first-order valence-corrected chi connectivity index (χ1v) is 13.0. The Balaban J connectivity index is 1.45. The highest BCUT2D eigenvalue weighted by molar-refractivity contribution is 7.98. The Morgan fingerprint density at radius 2 is 1.87 bits per heavy atom. The summed E-state index contributed by atoms with van der Waals surface area (Å²) in [4.78, 5) is 12.8. The molecule has 1 heterocycles. The molecule has 0 aromatic heterocycles. The van der Waals surface area contributed by atoms with Crippen LogP contribution in [0.3, 0.4) is 0 Å². The van der Waals surface area contributed by atoms with Gasteiger partial charge in [0.25, 0.3) is 0 Å². The average molecular weight is 467 g/mol. The molecule has 0 spiro atoms. The molecule has 0 unspecified atom stereocenters. The van der Waals surface area contributed by atoms with Crippen molar-refractivity contribution in [2.45, 2.75) is 30.4 Å². The molecule has 2 aromatic rings.